The summed E-state index contributed by atoms with van der Waals surface area (Å²) in [4.78, 5) is 1.55. The molecule has 1 aromatic heterocycles. The number of benzene rings is 2. The Kier molecular flexibility index (Phi) is 4.40. The van der Waals surface area contributed by atoms with Gasteiger partial charge >= 0.3 is 0 Å². The van der Waals surface area contributed by atoms with Gasteiger partial charge < -0.3 is 0 Å². The molecule has 2 aromatic carbocycles. The van der Waals surface area contributed by atoms with Crippen LogP contribution in [0, 0.1) is 0 Å². The fraction of sp³-hybridized carbons (Fsp3) is 0.133. The molecule has 0 bridgehead atoms. The quantitative estimate of drug-likeness (QED) is 0.707. The maximum absolute atomic E-state index is 12.2. The molecule has 23 heavy (non-hydrogen) atoms. The molecule has 0 atom stereocenters. The first-order valence-corrected chi connectivity index (χ1v) is 8.90. The third-order valence-electron chi connectivity index (χ3n) is 3.23. The second-order valence-corrected chi connectivity index (χ2v) is 7.34. The van der Waals surface area contributed by atoms with Gasteiger partial charge in [-0.2, -0.15) is 4.80 Å². The first-order chi connectivity index (χ1) is 11.1. The lowest BCUT2D eigenvalue weighted by Gasteiger charge is -2.03. The molecule has 8 heteroatoms. The van der Waals surface area contributed by atoms with Crippen LogP contribution in [-0.4, -0.2) is 34.4 Å². The molecule has 118 valence electrons. The van der Waals surface area contributed by atoms with Crippen LogP contribution in [0.25, 0.3) is 11.4 Å². The van der Waals surface area contributed by atoms with Crippen LogP contribution in [0.2, 0.25) is 5.02 Å². The number of rotatable bonds is 5. The summed E-state index contributed by atoms with van der Waals surface area (Å²) in [6.07, 6.45) is 0. The van der Waals surface area contributed by atoms with E-state index in [1.165, 1.54) is 4.80 Å². The molecule has 3 rings (SSSR count). The topological polar surface area (TPSA) is 77.7 Å². The van der Waals surface area contributed by atoms with Gasteiger partial charge in [0.1, 0.15) is 0 Å². The molecule has 0 aliphatic rings. The molecule has 0 fully saturated rings. The van der Waals surface area contributed by atoms with Crippen molar-refractivity contribution in [2.24, 2.45) is 0 Å². The predicted octanol–water partition coefficient (Wildman–Crippen LogP) is 2.47. The molecule has 1 heterocycles. The average Bonchev–Trinajstić information content (AvgIpc) is 3.03. The van der Waals surface area contributed by atoms with Gasteiger partial charge in [-0.15, -0.1) is 10.2 Å². The van der Waals surface area contributed by atoms with Crippen LogP contribution < -0.4 is 0 Å². The van der Waals surface area contributed by atoms with Gasteiger partial charge in [0.25, 0.3) is 0 Å². The van der Waals surface area contributed by atoms with Gasteiger partial charge in [-0.3, -0.25) is 0 Å². The first-order valence-electron chi connectivity index (χ1n) is 6.87. The lowest BCUT2D eigenvalue weighted by atomic mass is 10.2. The zero-order chi connectivity index (χ0) is 16.3. The highest BCUT2D eigenvalue weighted by atomic mass is 35.5. The van der Waals surface area contributed by atoms with Crippen LogP contribution in [0.3, 0.4) is 0 Å². The highest BCUT2D eigenvalue weighted by molar-refractivity contribution is 7.91. The van der Waals surface area contributed by atoms with Crippen LogP contribution in [0.5, 0.6) is 0 Å². The smallest absolute Gasteiger partial charge is 0.206 e. The third-order valence-corrected chi connectivity index (χ3v) is 5.27. The lowest BCUT2D eigenvalue weighted by molar-refractivity contribution is 0.538. The summed E-state index contributed by atoms with van der Waals surface area (Å²) in [5.41, 5.74) is 0.659. The van der Waals surface area contributed by atoms with E-state index >= 15 is 0 Å². The molecule has 0 saturated heterocycles. The van der Waals surface area contributed by atoms with Gasteiger partial charge in [0, 0.05) is 5.56 Å². The van der Waals surface area contributed by atoms with Crippen molar-refractivity contribution in [2.45, 2.75) is 11.4 Å². The Morgan fingerprint density at radius 3 is 2.43 bits per heavy atom. The molecule has 0 unspecified atom stereocenters. The molecular weight excluding hydrogens is 336 g/mol. The number of tetrazole rings is 1. The Bertz CT molecular complexity index is 910. The van der Waals surface area contributed by atoms with Crippen LogP contribution >= 0.6 is 11.6 Å². The molecular formula is C15H13ClN4O2S. The van der Waals surface area contributed by atoms with E-state index in [4.69, 9.17) is 11.6 Å². The molecule has 0 N–H and O–H groups in total. The monoisotopic (exact) mass is 348 g/mol. The Labute approximate surface area is 138 Å². The van der Waals surface area contributed by atoms with E-state index in [2.05, 4.69) is 15.4 Å². The van der Waals surface area contributed by atoms with Gasteiger partial charge in [0.2, 0.25) is 5.82 Å². The molecule has 0 amide bonds. The Balaban J connectivity index is 1.74. The van der Waals surface area contributed by atoms with Crippen LogP contribution in [0.15, 0.2) is 59.5 Å². The first kappa shape index (κ1) is 15.6. The van der Waals surface area contributed by atoms with Gasteiger partial charge in [0.05, 0.1) is 22.2 Å². The zero-order valence-electron chi connectivity index (χ0n) is 12.0. The fourth-order valence-electron chi connectivity index (χ4n) is 2.04. The van der Waals surface area contributed by atoms with Crippen molar-refractivity contribution in [1.82, 2.24) is 20.2 Å². The lowest BCUT2D eigenvalue weighted by Crippen LogP contribution is -2.15. The van der Waals surface area contributed by atoms with E-state index < -0.39 is 9.84 Å². The molecule has 3 aromatic rings. The summed E-state index contributed by atoms with van der Waals surface area (Å²) >= 11 is 6.08. The van der Waals surface area contributed by atoms with Gasteiger partial charge in [-0.1, -0.05) is 41.9 Å². The van der Waals surface area contributed by atoms with E-state index in [1.54, 1.807) is 42.5 Å². The molecule has 0 aliphatic carbocycles. The molecule has 0 radical (unpaired) electrons. The van der Waals surface area contributed by atoms with Crippen LogP contribution in [0.1, 0.15) is 0 Å². The molecule has 0 spiro atoms. The number of sulfone groups is 1. The van der Waals surface area contributed by atoms with Crippen molar-refractivity contribution >= 4 is 21.4 Å². The Morgan fingerprint density at radius 1 is 1.00 bits per heavy atom. The summed E-state index contributed by atoms with van der Waals surface area (Å²) in [5.74, 6) is 0.266. The van der Waals surface area contributed by atoms with Crippen molar-refractivity contribution < 1.29 is 8.42 Å². The minimum Gasteiger partial charge on any atom is -0.224 e. The van der Waals surface area contributed by atoms with E-state index in [0.717, 1.165) is 0 Å². The summed E-state index contributed by atoms with van der Waals surface area (Å²) in [5, 5.41) is 12.5. The van der Waals surface area contributed by atoms with Crippen molar-refractivity contribution in [1.29, 1.82) is 0 Å². The molecule has 0 saturated carbocycles. The minimum atomic E-state index is -3.38. The van der Waals surface area contributed by atoms with Crippen molar-refractivity contribution in [3.63, 3.8) is 0 Å². The number of aromatic nitrogens is 4. The largest absolute Gasteiger partial charge is 0.224 e. The SMILES string of the molecule is O=S(=O)(CCn1nnc(-c2ccccc2Cl)n1)c1ccccc1. The normalized spacial score (nSPS) is 11.5. The van der Waals surface area contributed by atoms with Crippen molar-refractivity contribution in [3.05, 3.63) is 59.6 Å². The number of aryl methyl sites for hydroxylation is 1. The summed E-state index contributed by atoms with van der Waals surface area (Å²) < 4.78 is 24.5. The number of halogens is 1. The third kappa shape index (κ3) is 3.57. The second kappa shape index (κ2) is 6.47. The zero-order valence-corrected chi connectivity index (χ0v) is 13.6. The summed E-state index contributed by atoms with van der Waals surface area (Å²) in [6, 6.07) is 15.4. The predicted molar refractivity (Wildman–Crippen MR) is 86.8 cm³/mol. The highest BCUT2D eigenvalue weighted by Gasteiger charge is 2.15. The Hall–Kier alpha value is -2.25. The van der Waals surface area contributed by atoms with E-state index in [-0.39, 0.29) is 17.2 Å². The maximum atomic E-state index is 12.2. The number of nitrogens with zero attached hydrogens (tertiary/aromatic N) is 4. The van der Waals surface area contributed by atoms with Crippen molar-refractivity contribution in [2.75, 3.05) is 5.75 Å². The van der Waals surface area contributed by atoms with Gasteiger partial charge in [-0.05, 0) is 29.5 Å². The average molecular weight is 349 g/mol. The molecule has 0 aliphatic heterocycles. The van der Waals surface area contributed by atoms with Gasteiger partial charge in [0.15, 0.2) is 9.84 Å². The highest BCUT2D eigenvalue weighted by Crippen LogP contribution is 2.23. The fourth-order valence-corrected chi connectivity index (χ4v) is 3.47. The van der Waals surface area contributed by atoms with E-state index in [9.17, 15) is 8.42 Å². The van der Waals surface area contributed by atoms with Gasteiger partial charge in [-0.25, -0.2) is 8.42 Å². The van der Waals surface area contributed by atoms with E-state index in [0.29, 0.717) is 16.4 Å². The summed E-state index contributed by atoms with van der Waals surface area (Å²) in [7, 11) is -3.38. The second-order valence-electron chi connectivity index (χ2n) is 4.82. The van der Waals surface area contributed by atoms with Crippen LogP contribution in [0.4, 0.5) is 0 Å². The standard InChI is InChI=1S/C15H13ClN4O2S/c16-14-9-5-4-8-13(14)15-17-19-20(18-15)10-11-23(21,22)12-6-2-1-3-7-12/h1-9H,10-11H2. The van der Waals surface area contributed by atoms with Crippen LogP contribution in [-0.2, 0) is 16.4 Å². The molecule has 6 nitrogen and oxygen atoms in total. The van der Waals surface area contributed by atoms with E-state index in [1.807, 2.05) is 12.1 Å². The number of hydrogen-bond donors (Lipinski definition) is 0. The minimum absolute atomic E-state index is 0.102. The maximum Gasteiger partial charge on any atom is 0.206 e. The number of hydrogen-bond acceptors (Lipinski definition) is 5. The Morgan fingerprint density at radius 2 is 1.70 bits per heavy atom. The van der Waals surface area contributed by atoms with Crippen molar-refractivity contribution in [3.8, 4) is 11.4 Å². The summed E-state index contributed by atoms with van der Waals surface area (Å²) in [6.45, 7) is 0.120.